The number of hydrogen-bond donors (Lipinski definition) is 0. The minimum atomic E-state index is 0.164. The van der Waals surface area contributed by atoms with Crippen LogP contribution in [0.1, 0.15) is 0 Å². The van der Waals surface area contributed by atoms with Crippen LogP contribution in [0.4, 0.5) is 0 Å². The second-order valence-electron chi connectivity index (χ2n) is 34.6. The molecule has 0 saturated carbocycles. The Balaban J connectivity index is 0.000000114. The average molecular weight is 2000 g/mol. The van der Waals surface area contributed by atoms with Gasteiger partial charge in [0, 0.05) is 11.1 Å². The van der Waals surface area contributed by atoms with E-state index < -0.39 is 0 Å². The van der Waals surface area contributed by atoms with Crippen LogP contribution in [-0.4, -0.2) is 89.9 Å². The minimum absolute atomic E-state index is 0.164. The molecule has 0 N–H and O–H groups in total. The van der Waals surface area contributed by atoms with Gasteiger partial charge in [-0.1, -0.05) is 84.9 Å². The first-order chi connectivity index (χ1) is 69.8. The quantitative estimate of drug-likeness (QED) is 0.0872. The zero-order valence-corrected chi connectivity index (χ0v) is 81.4. The Bertz CT molecular complexity index is 8820. The van der Waals surface area contributed by atoms with E-state index in [9.17, 15) is 0 Å². The van der Waals surface area contributed by atoms with Crippen LogP contribution in [0.2, 0.25) is 0 Å². The monoisotopic (exact) mass is 2000 g/mol. The van der Waals surface area contributed by atoms with Crippen LogP contribution in [-0.2, 0) is 0 Å². The summed E-state index contributed by atoms with van der Waals surface area (Å²) in [6.07, 6.45) is 0. The van der Waals surface area contributed by atoms with E-state index in [2.05, 4.69) is 331 Å². The Morgan fingerprint density at radius 1 is 0.128 bits per heavy atom. The van der Waals surface area contributed by atoms with Crippen molar-refractivity contribution in [2.45, 2.75) is 0 Å². The maximum atomic E-state index is 5.06. The van der Waals surface area contributed by atoms with E-state index in [1.54, 1.807) is 0 Å². The van der Waals surface area contributed by atoms with Gasteiger partial charge in [-0.25, -0.2) is 4.98 Å². The molecule has 0 radical (unpaired) electrons. The van der Waals surface area contributed by atoms with E-state index in [0.29, 0.717) is 52.4 Å². The zero-order valence-electron chi connectivity index (χ0n) is 76.1. The van der Waals surface area contributed by atoms with Crippen molar-refractivity contribution in [3.8, 4) is 180 Å². The molecule has 0 spiro atoms. The van der Waals surface area contributed by atoms with Gasteiger partial charge >= 0.3 is 730 Å². The Labute approximate surface area is 836 Å². The third kappa shape index (κ3) is 17.5. The second kappa shape index (κ2) is 38.9. The molecule has 0 atom stereocenters. The van der Waals surface area contributed by atoms with E-state index in [0.717, 1.165) is 60.8 Å². The summed E-state index contributed by atoms with van der Waals surface area (Å²) in [6.45, 7) is 0. The van der Waals surface area contributed by atoms with Gasteiger partial charge in [0.25, 0.3) is 0 Å². The second-order valence-corrected chi connectivity index (χ2v) is 39.8. The van der Waals surface area contributed by atoms with Crippen molar-refractivity contribution in [1.29, 1.82) is 0 Å². The standard InChI is InChI=1S/2C43H27N3Se.C43H29N3Se/c1-4-13-28(14-5-1)33-20-11-23-36-37-24-12-22-35(40(37)47-39(33)36)34-21-10-19-29-25-26-32(27-38(29)34)43-45-41(30-15-6-2-7-16-30)44-42(46-43)31-17-8-3-9-18-31;1-4-14-28(15-5-1)31-22-12-24-36-37-25-13-23-35(40(37)47-39(31)36)34-26-27-38(33-21-11-10-20-32(33)34)43-45-41(29-16-6-2-7-17-29)44-42(46-43)30-18-8-3-9-19-30;47-40-38(29-13-4-1-5-14-29)23-12-24-39(40)34-20-10-19-32(27-34)36-22-11-21-33-28-35(25-26-37(33)36)43-45-41(30-15-6-2-7-16-30)44-42(46-43)31-17-8-3-9-18-31/h2*1-27H;1-28,47H. The van der Waals surface area contributed by atoms with Crippen molar-refractivity contribution in [1.82, 2.24) is 44.9 Å². The van der Waals surface area contributed by atoms with E-state index in [-0.39, 0.29) is 29.0 Å². The van der Waals surface area contributed by atoms with Crippen molar-refractivity contribution in [2.75, 3.05) is 0 Å². The molecule has 141 heavy (non-hydrogen) atoms. The van der Waals surface area contributed by atoms with Crippen LogP contribution >= 0.6 is 0 Å². The van der Waals surface area contributed by atoms with E-state index in [1.165, 1.54) is 142 Å². The van der Waals surface area contributed by atoms with Gasteiger partial charge in [0.1, 0.15) is 0 Å². The fourth-order valence-electron chi connectivity index (χ4n) is 19.1. The van der Waals surface area contributed by atoms with Crippen LogP contribution in [0.15, 0.2) is 497 Å². The van der Waals surface area contributed by atoms with Crippen LogP contribution in [0.5, 0.6) is 0 Å². The normalized spacial score (nSPS) is 11.3. The molecule has 0 aliphatic rings. The molecule has 0 amide bonds. The van der Waals surface area contributed by atoms with Crippen LogP contribution in [0, 0.1) is 0 Å². The van der Waals surface area contributed by atoms with Gasteiger partial charge in [-0.15, -0.1) is 0 Å². The Morgan fingerprint density at radius 2 is 0.383 bits per heavy atom. The Hall–Kier alpha value is -17.0. The first-order valence-electron chi connectivity index (χ1n) is 47.0. The molecule has 21 aromatic carbocycles. The summed E-state index contributed by atoms with van der Waals surface area (Å²) in [5.41, 5.74) is 26.2. The predicted molar refractivity (Wildman–Crippen MR) is 590 cm³/mol. The Morgan fingerprint density at radius 3 is 0.801 bits per heavy atom. The SMILES string of the molecule is [SeH]c1c(-c2ccccc2)cccc1-c1cccc(-c2cccc3cc(-c4nc(-c5ccccc5)nc(-c5ccccc5)n4)ccc23)c1.c1ccc(-c2nc(-c3ccccc3)nc(-c3ccc(-c4cccc5c4[se]c4c(-c6ccccc6)cccc45)c4ccccc34)n2)cc1.c1ccc(-c2nc(-c3ccccc3)nc(-c3ccc4cccc(-c5cccc6c5[se]c5c(-c7ccccc7)cccc56)c4c3)n2)cc1. The van der Waals surface area contributed by atoms with Gasteiger partial charge in [-0.3, -0.25) is 0 Å². The molecule has 0 unspecified atom stereocenters. The number of nitrogens with zero attached hydrogens (tertiary/aromatic N) is 9. The summed E-state index contributed by atoms with van der Waals surface area (Å²) in [6, 6.07) is 175. The van der Waals surface area contributed by atoms with Gasteiger partial charge in [-0.05, 0) is 0 Å². The van der Waals surface area contributed by atoms with Gasteiger partial charge in [0.2, 0.25) is 0 Å². The predicted octanol–water partition coefficient (Wildman–Crippen LogP) is 31.0. The summed E-state index contributed by atoms with van der Waals surface area (Å²) >= 11 is 3.12. The number of aromatic nitrogens is 9. The molecule has 662 valence electrons. The number of benzene rings is 21. The maximum absolute atomic E-state index is 5.06. The molecule has 0 bridgehead atoms. The number of fused-ring (bicyclic) bond motifs is 9. The molecular weight excluding hydrogens is 1910 g/mol. The molecule has 0 saturated heterocycles. The van der Waals surface area contributed by atoms with Crippen LogP contribution < -0.4 is 4.46 Å². The fraction of sp³-hybridized carbons (Fsp3) is 0. The van der Waals surface area contributed by atoms with Crippen molar-refractivity contribution < 1.29 is 0 Å². The summed E-state index contributed by atoms with van der Waals surface area (Å²) in [7, 11) is 0. The molecular formula is C129H83N9Se3. The summed E-state index contributed by atoms with van der Waals surface area (Å²) in [5.74, 6) is 5.96. The van der Waals surface area contributed by atoms with Crippen molar-refractivity contribution in [3.63, 3.8) is 0 Å². The van der Waals surface area contributed by atoms with Crippen molar-refractivity contribution in [3.05, 3.63) is 497 Å². The first-order valence-corrected chi connectivity index (χ1v) is 51.4. The van der Waals surface area contributed by atoms with Gasteiger partial charge in [-0.2, -0.15) is 0 Å². The first kappa shape index (κ1) is 86.8. The number of rotatable bonds is 16. The zero-order chi connectivity index (χ0) is 93.9. The molecule has 12 heteroatoms. The molecule has 5 aromatic heterocycles. The topological polar surface area (TPSA) is 116 Å². The molecule has 9 nitrogen and oxygen atoms in total. The Kier molecular flexibility index (Phi) is 23.9. The van der Waals surface area contributed by atoms with Gasteiger partial charge in [0.05, 0.1) is 0 Å². The molecule has 0 fully saturated rings. The molecule has 0 aliphatic heterocycles. The third-order valence-corrected chi connectivity index (χ3v) is 32.4. The summed E-state index contributed by atoms with van der Waals surface area (Å²) < 4.78 is 7.01. The van der Waals surface area contributed by atoms with Crippen LogP contribution in [0.3, 0.4) is 0 Å². The van der Waals surface area contributed by atoms with Gasteiger partial charge < -0.3 is 0 Å². The van der Waals surface area contributed by atoms with Crippen molar-refractivity contribution in [2.24, 2.45) is 0 Å². The van der Waals surface area contributed by atoms with Gasteiger partial charge in [0.15, 0.2) is 11.6 Å². The fourth-order valence-corrected chi connectivity index (χ4v) is 25.7. The molecule has 0 aliphatic carbocycles. The van der Waals surface area contributed by atoms with E-state index in [4.69, 9.17) is 44.9 Å². The summed E-state index contributed by atoms with van der Waals surface area (Å²) in [4.78, 5) is 44.7. The van der Waals surface area contributed by atoms with Crippen molar-refractivity contribution >= 4 is 120 Å². The number of hydrogen-bond acceptors (Lipinski definition) is 9. The van der Waals surface area contributed by atoms with Crippen LogP contribution in [0.25, 0.3) is 251 Å². The molecule has 26 aromatic rings. The van der Waals surface area contributed by atoms with E-state index >= 15 is 0 Å². The third-order valence-electron chi connectivity index (χ3n) is 25.9. The average Bonchev–Trinajstić information content (AvgIpc) is 1.41. The summed E-state index contributed by atoms with van der Waals surface area (Å²) in [5, 5.41) is 12.4. The molecule has 26 rings (SSSR count). The van der Waals surface area contributed by atoms with E-state index in [1.807, 2.05) is 182 Å². The molecule has 5 heterocycles.